The molecule has 0 atom stereocenters. The summed E-state index contributed by atoms with van der Waals surface area (Å²) >= 11 is 0. The van der Waals surface area contributed by atoms with Crippen LogP contribution in [0, 0.1) is 6.92 Å². The second-order valence-electron chi connectivity index (χ2n) is 7.81. The predicted molar refractivity (Wildman–Crippen MR) is 100.0 cm³/mol. The van der Waals surface area contributed by atoms with E-state index in [2.05, 4.69) is 23.6 Å². The van der Waals surface area contributed by atoms with Crippen LogP contribution < -0.4 is 10.6 Å². The number of hydrogen-bond acceptors (Lipinski definition) is 4. The first-order chi connectivity index (χ1) is 11.3. The van der Waals surface area contributed by atoms with Gasteiger partial charge in [-0.2, -0.15) is 0 Å². The molecule has 1 aromatic rings. The second kappa shape index (κ2) is 7.56. The first-order valence-corrected chi connectivity index (χ1v) is 8.98. The Labute approximate surface area is 146 Å². The fourth-order valence-electron chi connectivity index (χ4n) is 3.69. The summed E-state index contributed by atoms with van der Waals surface area (Å²) in [7, 11) is 3.93. The number of hydrogen-bond donors (Lipinski definition) is 2. The van der Waals surface area contributed by atoms with Gasteiger partial charge in [0.2, 0.25) is 0 Å². The van der Waals surface area contributed by atoms with Crippen LogP contribution in [0.4, 0.5) is 5.69 Å². The normalized spacial score (nSPS) is 21.4. The Morgan fingerprint density at radius 3 is 2.25 bits per heavy atom. The largest absolute Gasteiger partial charge is 0.456 e. The minimum Gasteiger partial charge on any atom is -0.456 e. The van der Waals surface area contributed by atoms with Gasteiger partial charge in [0, 0.05) is 13.1 Å². The third-order valence-electron chi connectivity index (χ3n) is 4.88. The van der Waals surface area contributed by atoms with E-state index >= 15 is 0 Å². The molecule has 0 amide bonds. The minimum atomic E-state index is -0.488. The Morgan fingerprint density at radius 1 is 1.12 bits per heavy atom. The average molecular weight is 332 g/mol. The molecule has 24 heavy (non-hydrogen) atoms. The molecule has 2 N–H and O–H groups in total. The zero-order valence-electron chi connectivity index (χ0n) is 16.0. The van der Waals surface area contributed by atoms with Crippen LogP contribution in [0.1, 0.15) is 73.9 Å². The quantitative estimate of drug-likeness (QED) is 0.810. The van der Waals surface area contributed by atoms with E-state index < -0.39 is 5.60 Å². The van der Waals surface area contributed by atoms with E-state index in [4.69, 9.17) is 4.74 Å². The third kappa shape index (κ3) is 4.29. The fourth-order valence-corrected chi connectivity index (χ4v) is 3.69. The Bertz CT molecular complexity index is 582. The van der Waals surface area contributed by atoms with Crippen molar-refractivity contribution in [3.8, 4) is 0 Å². The summed E-state index contributed by atoms with van der Waals surface area (Å²) in [6, 6.07) is 4.56. The molecule has 0 radical (unpaired) electrons. The van der Waals surface area contributed by atoms with Crippen molar-refractivity contribution >= 4 is 11.7 Å². The Hall–Kier alpha value is -1.55. The van der Waals surface area contributed by atoms with Crippen molar-refractivity contribution in [3.63, 3.8) is 0 Å². The van der Waals surface area contributed by atoms with E-state index in [1.807, 2.05) is 40.9 Å². The first-order valence-electron chi connectivity index (χ1n) is 8.98. The van der Waals surface area contributed by atoms with E-state index in [9.17, 15) is 4.79 Å². The second-order valence-corrected chi connectivity index (χ2v) is 7.81. The molecule has 4 nitrogen and oxygen atoms in total. The lowest BCUT2D eigenvalue weighted by molar-refractivity contribution is 0.00705. The lowest BCUT2D eigenvalue weighted by atomic mass is 9.79. The van der Waals surface area contributed by atoms with Gasteiger partial charge in [0.05, 0.1) is 11.3 Å². The molecular formula is C20H32N2O2. The van der Waals surface area contributed by atoms with Crippen molar-refractivity contribution in [2.45, 2.75) is 70.9 Å². The summed E-state index contributed by atoms with van der Waals surface area (Å²) in [5, 5.41) is 6.66. The number of nitrogens with one attached hydrogen (secondary N) is 2. The van der Waals surface area contributed by atoms with Gasteiger partial charge in [0.15, 0.2) is 0 Å². The van der Waals surface area contributed by atoms with Gasteiger partial charge in [-0.25, -0.2) is 4.79 Å². The molecule has 0 spiro atoms. The van der Waals surface area contributed by atoms with Crippen molar-refractivity contribution in [2.75, 3.05) is 19.4 Å². The fraction of sp³-hybridized carbons (Fsp3) is 0.650. The Kier molecular flexibility index (Phi) is 5.92. The highest BCUT2D eigenvalue weighted by atomic mass is 16.6. The number of carbonyl (C=O) groups excluding carboxylic acids is 1. The van der Waals surface area contributed by atoms with Gasteiger partial charge in [-0.15, -0.1) is 0 Å². The monoisotopic (exact) mass is 332 g/mol. The lowest BCUT2D eigenvalue weighted by Crippen LogP contribution is -2.30. The van der Waals surface area contributed by atoms with Crippen LogP contribution in [0.3, 0.4) is 0 Å². The number of aryl methyl sites for hydroxylation is 1. The number of benzene rings is 1. The van der Waals surface area contributed by atoms with Crippen LogP contribution in [0.15, 0.2) is 12.1 Å². The predicted octanol–water partition coefficient (Wildman–Crippen LogP) is 4.24. The Balaban J connectivity index is 2.34. The third-order valence-corrected chi connectivity index (χ3v) is 4.88. The van der Waals surface area contributed by atoms with Crippen molar-refractivity contribution in [1.29, 1.82) is 0 Å². The van der Waals surface area contributed by atoms with E-state index in [0.717, 1.165) is 18.5 Å². The maximum absolute atomic E-state index is 12.6. The summed E-state index contributed by atoms with van der Waals surface area (Å²) in [6.45, 7) is 7.84. The maximum atomic E-state index is 12.6. The van der Waals surface area contributed by atoms with Crippen molar-refractivity contribution in [3.05, 3.63) is 28.8 Å². The molecule has 0 aromatic heterocycles. The van der Waals surface area contributed by atoms with Crippen LogP contribution in [0.5, 0.6) is 0 Å². The van der Waals surface area contributed by atoms with E-state index in [0.29, 0.717) is 17.5 Å². The van der Waals surface area contributed by atoms with Gasteiger partial charge >= 0.3 is 5.97 Å². The molecule has 0 saturated heterocycles. The van der Waals surface area contributed by atoms with E-state index in [1.54, 1.807) is 0 Å². The van der Waals surface area contributed by atoms with Gasteiger partial charge in [-0.05, 0) is 83.5 Å². The van der Waals surface area contributed by atoms with Gasteiger partial charge < -0.3 is 15.4 Å². The summed E-state index contributed by atoms with van der Waals surface area (Å²) in [5.41, 5.74) is 3.63. The smallest absolute Gasteiger partial charge is 0.340 e. The molecule has 4 heteroatoms. The molecule has 1 fully saturated rings. The van der Waals surface area contributed by atoms with Crippen molar-refractivity contribution in [2.24, 2.45) is 0 Å². The molecule has 1 aromatic carbocycles. The van der Waals surface area contributed by atoms with Crippen molar-refractivity contribution < 1.29 is 9.53 Å². The zero-order chi connectivity index (χ0) is 17.9. The highest BCUT2D eigenvalue weighted by Crippen LogP contribution is 2.40. The summed E-state index contributed by atoms with van der Waals surface area (Å²) in [4.78, 5) is 12.6. The molecule has 0 unspecified atom stereocenters. The molecule has 134 valence electrons. The SMILES string of the molecule is CNc1c(C(=O)OC(C)(C)C)ccc(C)c1[C@H]1CC[C@H](NC)CC1. The van der Waals surface area contributed by atoms with Gasteiger partial charge in [0.1, 0.15) is 5.60 Å². The van der Waals surface area contributed by atoms with E-state index in [1.165, 1.54) is 24.0 Å². The number of anilines is 1. The average Bonchev–Trinajstić information content (AvgIpc) is 2.52. The molecule has 0 bridgehead atoms. The molecule has 2 rings (SSSR count). The van der Waals surface area contributed by atoms with Crippen LogP contribution in [-0.4, -0.2) is 31.7 Å². The maximum Gasteiger partial charge on any atom is 0.340 e. The highest BCUT2D eigenvalue weighted by molar-refractivity contribution is 5.97. The first kappa shape index (κ1) is 18.8. The zero-order valence-corrected chi connectivity index (χ0v) is 16.0. The molecule has 1 aliphatic carbocycles. The lowest BCUT2D eigenvalue weighted by Gasteiger charge is -2.31. The van der Waals surface area contributed by atoms with Gasteiger partial charge in [-0.3, -0.25) is 0 Å². The van der Waals surface area contributed by atoms with Crippen molar-refractivity contribution in [1.82, 2.24) is 5.32 Å². The van der Waals surface area contributed by atoms with E-state index in [-0.39, 0.29) is 5.97 Å². The highest BCUT2D eigenvalue weighted by Gasteiger charge is 2.28. The minimum absolute atomic E-state index is 0.253. The summed E-state index contributed by atoms with van der Waals surface area (Å²) in [5.74, 6) is 0.247. The van der Waals surface area contributed by atoms with Gasteiger partial charge in [-0.1, -0.05) is 6.07 Å². The summed E-state index contributed by atoms with van der Waals surface area (Å²) in [6.07, 6.45) is 4.67. The molecule has 1 aliphatic rings. The number of rotatable bonds is 4. The van der Waals surface area contributed by atoms with Crippen LogP contribution in [-0.2, 0) is 4.74 Å². The van der Waals surface area contributed by atoms with Crippen LogP contribution >= 0.6 is 0 Å². The van der Waals surface area contributed by atoms with Gasteiger partial charge in [0.25, 0.3) is 0 Å². The molecular weight excluding hydrogens is 300 g/mol. The Morgan fingerprint density at radius 2 is 1.75 bits per heavy atom. The topological polar surface area (TPSA) is 50.4 Å². The molecule has 0 heterocycles. The van der Waals surface area contributed by atoms with Crippen LogP contribution in [0.25, 0.3) is 0 Å². The molecule has 1 saturated carbocycles. The number of ether oxygens (including phenoxy) is 1. The van der Waals surface area contributed by atoms with Crippen LogP contribution in [0.2, 0.25) is 0 Å². The standard InChI is InChI=1S/C20H32N2O2/c1-13-7-12-16(19(23)24-20(2,3)4)18(22-6)17(13)14-8-10-15(21-5)11-9-14/h7,12,14-15,21-22H,8-11H2,1-6H3/t14-,15-. The summed E-state index contributed by atoms with van der Waals surface area (Å²) < 4.78 is 5.59. The number of esters is 1. The number of carbonyl (C=O) groups is 1. The molecule has 0 aliphatic heterocycles.